The zero-order valence-electron chi connectivity index (χ0n) is 9.58. The highest BCUT2D eigenvalue weighted by molar-refractivity contribution is 9.11. The fraction of sp³-hybridized carbons (Fsp3) is 0.556. The van der Waals surface area contributed by atoms with Gasteiger partial charge >= 0.3 is 0 Å². The molecule has 0 atom stereocenters. The number of halogens is 2. The molecule has 0 bridgehead atoms. The van der Waals surface area contributed by atoms with E-state index in [1.54, 1.807) is 11.8 Å². The average molecular weight is 379 g/mol. The van der Waals surface area contributed by atoms with E-state index in [2.05, 4.69) is 20.7 Å². The Morgan fingerprint density at radius 3 is 2.59 bits per heavy atom. The van der Waals surface area contributed by atoms with E-state index in [1.807, 2.05) is 20.1 Å². The predicted molar refractivity (Wildman–Crippen MR) is 79.8 cm³/mol. The molecule has 1 heterocycles. The maximum atomic E-state index is 12.0. The molecule has 3 nitrogen and oxygen atoms in total. The molecule has 8 heteroatoms. The quantitative estimate of drug-likeness (QED) is 0.851. The molecule has 1 aromatic rings. The summed E-state index contributed by atoms with van der Waals surface area (Å²) in [6, 6.07) is 1.45. The zero-order valence-corrected chi connectivity index (χ0v) is 14.4. The van der Waals surface area contributed by atoms with Gasteiger partial charge in [-0.15, -0.1) is 11.3 Å². The van der Waals surface area contributed by atoms with Crippen molar-refractivity contribution >= 4 is 60.7 Å². The van der Waals surface area contributed by atoms with Crippen molar-refractivity contribution in [2.24, 2.45) is 0 Å². The molecule has 1 rings (SSSR count). The summed E-state index contributed by atoms with van der Waals surface area (Å²) in [7, 11) is -3.46. The van der Waals surface area contributed by atoms with Gasteiger partial charge in [0.05, 0.1) is 8.81 Å². The number of nitrogens with one attached hydrogen (secondary N) is 1. The van der Waals surface area contributed by atoms with Gasteiger partial charge in [0.2, 0.25) is 10.0 Å². The lowest BCUT2D eigenvalue weighted by molar-refractivity contribution is 0.573. The van der Waals surface area contributed by atoms with Crippen LogP contribution in [-0.2, 0) is 10.0 Å². The highest BCUT2D eigenvalue weighted by atomic mass is 79.9. The van der Waals surface area contributed by atoms with Crippen molar-refractivity contribution in [3.8, 4) is 0 Å². The maximum absolute atomic E-state index is 12.0. The van der Waals surface area contributed by atoms with E-state index in [0.29, 0.717) is 15.4 Å². The van der Waals surface area contributed by atoms with Crippen LogP contribution >= 0.6 is 50.6 Å². The minimum absolute atomic E-state index is 0.134. The summed E-state index contributed by atoms with van der Waals surface area (Å²) >= 11 is 11.7. The Balaban J connectivity index is 2.83. The molecule has 0 aliphatic rings. The summed E-state index contributed by atoms with van der Waals surface area (Å²) in [6.07, 6.45) is 1.95. The molecule has 0 fully saturated rings. The van der Waals surface area contributed by atoms with Gasteiger partial charge in [-0.05, 0) is 42.1 Å². The Labute approximate surface area is 124 Å². The third kappa shape index (κ3) is 4.40. The molecule has 0 saturated heterocycles. The first-order valence-electron chi connectivity index (χ1n) is 4.67. The van der Waals surface area contributed by atoms with E-state index in [9.17, 15) is 8.42 Å². The molecule has 17 heavy (non-hydrogen) atoms. The van der Waals surface area contributed by atoms with Gasteiger partial charge in [-0.3, -0.25) is 0 Å². The first-order chi connectivity index (χ1) is 7.68. The summed E-state index contributed by atoms with van der Waals surface area (Å²) in [5.41, 5.74) is 0. The number of thioether (sulfide) groups is 1. The second-order valence-corrected chi connectivity index (χ2v) is 10.3. The molecular formula is C9H13BrClNO2S3. The molecule has 98 valence electrons. The molecule has 0 unspecified atom stereocenters. The van der Waals surface area contributed by atoms with Crippen molar-refractivity contribution in [3.63, 3.8) is 0 Å². The lowest BCUT2D eigenvalue weighted by atomic mass is 10.2. The minimum atomic E-state index is -3.46. The van der Waals surface area contributed by atoms with Gasteiger partial charge in [-0.1, -0.05) is 11.6 Å². The van der Waals surface area contributed by atoms with Crippen molar-refractivity contribution in [1.29, 1.82) is 0 Å². The first kappa shape index (κ1) is 15.8. The van der Waals surface area contributed by atoms with E-state index < -0.39 is 10.0 Å². The standard InChI is InChI=1S/C9H13BrClNO2S3/c1-9(2,15-3)5-12-17(13,14)7-4-6(11)8(10)16-7/h4,12H,5H2,1-3H3. The number of hydrogen-bond donors (Lipinski definition) is 1. The molecular weight excluding hydrogens is 366 g/mol. The normalized spacial score (nSPS) is 13.0. The van der Waals surface area contributed by atoms with E-state index in [4.69, 9.17) is 11.6 Å². The second-order valence-electron chi connectivity index (χ2n) is 3.98. The van der Waals surface area contributed by atoms with Crippen molar-refractivity contribution in [3.05, 3.63) is 14.9 Å². The SMILES string of the molecule is CSC(C)(C)CNS(=O)(=O)c1cc(Cl)c(Br)s1. The van der Waals surface area contributed by atoms with Gasteiger partial charge < -0.3 is 0 Å². The van der Waals surface area contributed by atoms with Crippen LogP contribution < -0.4 is 4.72 Å². The van der Waals surface area contributed by atoms with Crippen molar-refractivity contribution < 1.29 is 8.42 Å². The topological polar surface area (TPSA) is 46.2 Å². The van der Waals surface area contributed by atoms with E-state index in [1.165, 1.54) is 6.07 Å². The van der Waals surface area contributed by atoms with Crippen LogP contribution in [0, 0.1) is 0 Å². The van der Waals surface area contributed by atoms with Crippen LogP contribution in [0.2, 0.25) is 5.02 Å². The maximum Gasteiger partial charge on any atom is 0.250 e. The minimum Gasteiger partial charge on any atom is -0.209 e. The van der Waals surface area contributed by atoms with Crippen LogP contribution in [0.5, 0.6) is 0 Å². The Morgan fingerprint density at radius 1 is 1.59 bits per heavy atom. The van der Waals surface area contributed by atoms with Gasteiger partial charge in [0.1, 0.15) is 4.21 Å². The predicted octanol–water partition coefficient (Wildman–Crippen LogP) is 3.58. The number of hydrogen-bond acceptors (Lipinski definition) is 4. The third-order valence-electron chi connectivity index (χ3n) is 2.13. The van der Waals surface area contributed by atoms with E-state index in [-0.39, 0.29) is 8.96 Å². The highest BCUT2D eigenvalue weighted by Crippen LogP contribution is 2.34. The van der Waals surface area contributed by atoms with Crippen LogP contribution in [0.4, 0.5) is 0 Å². The largest absolute Gasteiger partial charge is 0.250 e. The zero-order chi connectivity index (χ0) is 13.3. The van der Waals surface area contributed by atoms with Crippen LogP contribution in [-0.4, -0.2) is 26.0 Å². The average Bonchev–Trinajstić information content (AvgIpc) is 2.58. The summed E-state index contributed by atoms with van der Waals surface area (Å²) in [4.78, 5) is 0. The Hall–Kier alpha value is 0.730. The van der Waals surface area contributed by atoms with Crippen molar-refractivity contribution in [1.82, 2.24) is 4.72 Å². The number of thiophene rings is 1. The molecule has 0 radical (unpaired) electrons. The van der Waals surface area contributed by atoms with Gasteiger partial charge in [-0.2, -0.15) is 11.8 Å². The molecule has 0 amide bonds. The lowest BCUT2D eigenvalue weighted by Crippen LogP contribution is -2.35. The summed E-state index contributed by atoms with van der Waals surface area (Å²) < 4.78 is 27.3. The second kappa shape index (κ2) is 5.79. The molecule has 0 aliphatic carbocycles. The van der Waals surface area contributed by atoms with Crippen LogP contribution in [0.3, 0.4) is 0 Å². The Morgan fingerprint density at radius 2 is 2.18 bits per heavy atom. The summed E-state index contributed by atoms with van der Waals surface area (Å²) in [5, 5.41) is 0.416. The first-order valence-corrected chi connectivity index (χ1v) is 9.37. The fourth-order valence-electron chi connectivity index (χ4n) is 0.871. The summed E-state index contributed by atoms with van der Waals surface area (Å²) in [5.74, 6) is 0. The van der Waals surface area contributed by atoms with Crippen LogP contribution in [0.15, 0.2) is 14.1 Å². The van der Waals surface area contributed by atoms with Crippen molar-refractivity contribution in [2.45, 2.75) is 22.8 Å². The van der Waals surface area contributed by atoms with E-state index in [0.717, 1.165) is 11.3 Å². The van der Waals surface area contributed by atoms with Gasteiger partial charge in [0.25, 0.3) is 0 Å². The van der Waals surface area contributed by atoms with Crippen LogP contribution in [0.1, 0.15) is 13.8 Å². The monoisotopic (exact) mass is 377 g/mol. The smallest absolute Gasteiger partial charge is 0.209 e. The van der Waals surface area contributed by atoms with Crippen LogP contribution in [0.25, 0.3) is 0 Å². The molecule has 0 aromatic carbocycles. The number of sulfonamides is 1. The molecule has 0 spiro atoms. The van der Waals surface area contributed by atoms with Gasteiger partial charge in [0.15, 0.2) is 0 Å². The Bertz CT molecular complexity index is 479. The Kier molecular flexibility index (Phi) is 5.38. The fourth-order valence-corrected chi connectivity index (χ4v) is 4.83. The summed E-state index contributed by atoms with van der Waals surface area (Å²) in [6.45, 7) is 4.35. The lowest BCUT2D eigenvalue weighted by Gasteiger charge is -2.21. The molecule has 1 N–H and O–H groups in total. The highest BCUT2D eigenvalue weighted by Gasteiger charge is 2.23. The van der Waals surface area contributed by atoms with Gasteiger partial charge in [-0.25, -0.2) is 13.1 Å². The van der Waals surface area contributed by atoms with Gasteiger partial charge in [0, 0.05) is 11.3 Å². The molecule has 1 aromatic heterocycles. The number of rotatable bonds is 5. The van der Waals surface area contributed by atoms with Crippen molar-refractivity contribution in [2.75, 3.05) is 12.8 Å². The third-order valence-corrected chi connectivity index (χ3v) is 7.73. The molecule has 0 saturated carbocycles. The molecule has 0 aliphatic heterocycles. The van der Waals surface area contributed by atoms with E-state index >= 15 is 0 Å².